The van der Waals surface area contributed by atoms with Gasteiger partial charge in [-0.25, -0.2) is 0 Å². The lowest BCUT2D eigenvalue weighted by Gasteiger charge is -2.40. The number of aryl methyl sites for hydroxylation is 1. The van der Waals surface area contributed by atoms with Crippen molar-refractivity contribution in [1.82, 2.24) is 24.4 Å². The Hall–Kier alpha value is -2.84. The molecule has 33 heavy (non-hydrogen) atoms. The minimum absolute atomic E-state index is 0.0622. The molecule has 3 aromatic rings. The molecule has 1 aromatic carbocycles. The summed E-state index contributed by atoms with van der Waals surface area (Å²) in [7, 11) is 3.89. The fraction of sp³-hybridized carbons (Fsp3) is 0.440. The number of rotatable bonds is 8. The van der Waals surface area contributed by atoms with Gasteiger partial charge in [0.25, 0.3) is 5.91 Å². The molecule has 1 saturated heterocycles. The van der Waals surface area contributed by atoms with Crippen molar-refractivity contribution in [1.29, 1.82) is 0 Å². The molecule has 0 aliphatic carbocycles. The van der Waals surface area contributed by atoms with E-state index in [2.05, 4.69) is 50.8 Å². The predicted octanol–water partition coefficient (Wildman–Crippen LogP) is 3.85. The highest BCUT2D eigenvalue weighted by Crippen LogP contribution is 2.29. The van der Waals surface area contributed by atoms with E-state index in [4.69, 9.17) is 4.74 Å². The van der Waals surface area contributed by atoms with Gasteiger partial charge < -0.3 is 9.64 Å². The van der Waals surface area contributed by atoms with Crippen molar-refractivity contribution >= 4 is 17.4 Å². The Morgan fingerprint density at radius 1 is 1.24 bits per heavy atom. The fourth-order valence-electron chi connectivity index (χ4n) is 4.65. The molecule has 1 atom stereocenters. The second kappa shape index (κ2) is 10.9. The lowest BCUT2D eigenvalue weighted by atomic mass is 9.84. The normalized spacial score (nSPS) is 15.6. The molecule has 1 aliphatic rings. The molecular weight excluding hydrogens is 434 g/mol. The minimum Gasteiger partial charge on any atom is -0.497 e. The number of aromatic nitrogens is 3. The summed E-state index contributed by atoms with van der Waals surface area (Å²) >= 11 is 1.19. The van der Waals surface area contributed by atoms with E-state index in [9.17, 15) is 4.79 Å². The van der Waals surface area contributed by atoms with Crippen LogP contribution in [0.3, 0.4) is 0 Å². The van der Waals surface area contributed by atoms with Crippen molar-refractivity contribution in [2.45, 2.75) is 38.8 Å². The number of nitrogens with zero attached hydrogens (tertiary/aromatic N) is 5. The zero-order valence-electron chi connectivity index (χ0n) is 19.5. The number of carbonyl (C=O) groups is 1. The van der Waals surface area contributed by atoms with E-state index in [-0.39, 0.29) is 5.91 Å². The highest BCUT2D eigenvalue weighted by atomic mass is 32.1. The maximum absolute atomic E-state index is 12.9. The topological polar surface area (TPSA) is 71.5 Å². The van der Waals surface area contributed by atoms with Gasteiger partial charge in [0.05, 0.1) is 18.5 Å². The molecule has 4 rings (SSSR count). The molecule has 0 N–H and O–H groups in total. The minimum atomic E-state index is 0.0622. The van der Waals surface area contributed by atoms with E-state index < -0.39 is 0 Å². The summed E-state index contributed by atoms with van der Waals surface area (Å²) in [6.45, 7) is 4.15. The van der Waals surface area contributed by atoms with Crippen LogP contribution in [0.15, 0.2) is 48.7 Å². The Morgan fingerprint density at radius 3 is 2.73 bits per heavy atom. The average molecular weight is 466 g/mol. The van der Waals surface area contributed by atoms with Crippen molar-refractivity contribution in [3.05, 3.63) is 70.5 Å². The van der Waals surface area contributed by atoms with Crippen LogP contribution >= 0.6 is 11.5 Å². The summed E-state index contributed by atoms with van der Waals surface area (Å²) in [5.41, 5.74) is 3.05. The first-order chi connectivity index (χ1) is 16.0. The van der Waals surface area contributed by atoms with E-state index >= 15 is 0 Å². The molecule has 1 fully saturated rings. The summed E-state index contributed by atoms with van der Waals surface area (Å²) in [4.78, 5) is 22.5. The number of likely N-dealkylation sites (tertiary alicyclic amines) is 1. The second-order valence-electron chi connectivity index (χ2n) is 8.68. The number of amides is 1. The Kier molecular flexibility index (Phi) is 7.67. The molecule has 1 unspecified atom stereocenters. The summed E-state index contributed by atoms with van der Waals surface area (Å²) < 4.78 is 9.37. The first-order valence-electron chi connectivity index (χ1n) is 11.4. The first kappa shape index (κ1) is 23.3. The van der Waals surface area contributed by atoms with Crippen LogP contribution in [-0.2, 0) is 13.0 Å². The van der Waals surface area contributed by atoms with Crippen LogP contribution in [0, 0.1) is 12.8 Å². The van der Waals surface area contributed by atoms with Crippen molar-refractivity contribution < 1.29 is 9.53 Å². The van der Waals surface area contributed by atoms with E-state index in [1.165, 1.54) is 17.1 Å². The number of pyridine rings is 1. The quantitative estimate of drug-likeness (QED) is 0.503. The SMILES string of the molecule is COc1cccc(CC(C2CCN(C(=O)c3snnc3C)CC2)N(C)Cc2ccccn2)c1. The van der Waals surface area contributed by atoms with Gasteiger partial charge in [0.15, 0.2) is 0 Å². The van der Waals surface area contributed by atoms with Gasteiger partial charge in [0.2, 0.25) is 0 Å². The molecule has 1 aliphatic heterocycles. The number of hydrogen-bond acceptors (Lipinski definition) is 7. The van der Waals surface area contributed by atoms with E-state index in [1.54, 1.807) is 7.11 Å². The van der Waals surface area contributed by atoms with Gasteiger partial charge in [-0.1, -0.05) is 22.7 Å². The number of methoxy groups -OCH3 is 1. The Balaban J connectivity index is 1.48. The van der Waals surface area contributed by atoms with Crippen LogP contribution < -0.4 is 4.74 Å². The van der Waals surface area contributed by atoms with Gasteiger partial charge in [-0.2, -0.15) is 0 Å². The number of ether oxygens (including phenoxy) is 1. The lowest BCUT2D eigenvalue weighted by molar-refractivity contribution is 0.0605. The van der Waals surface area contributed by atoms with E-state index in [0.29, 0.717) is 16.8 Å². The smallest absolute Gasteiger partial charge is 0.267 e. The van der Waals surface area contributed by atoms with Crippen molar-refractivity contribution in [2.75, 3.05) is 27.2 Å². The molecule has 0 radical (unpaired) electrons. The third kappa shape index (κ3) is 5.75. The van der Waals surface area contributed by atoms with Crippen LogP contribution in [0.5, 0.6) is 5.75 Å². The van der Waals surface area contributed by atoms with Gasteiger partial charge >= 0.3 is 0 Å². The lowest BCUT2D eigenvalue weighted by Crippen LogP contribution is -2.46. The molecule has 0 saturated carbocycles. The van der Waals surface area contributed by atoms with Crippen LogP contribution in [0.25, 0.3) is 0 Å². The van der Waals surface area contributed by atoms with Crippen LogP contribution in [0.2, 0.25) is 0 Å². The second-order valence-corrected chi connectivity index (χ2v) is 9.43. The third-order valence-electron chi connectivity index (χ3n) is 6.50. The number of hydrogen-bond donors (Lipinski definition) is 0. The largest absolute Gasteiger partial charge is 0.497 e. The van der Waals surface area contributed by atoms with Crippen LogP contribution in [0.1, 0.15) is 39.5 Å². The monoisotopic (exact) mass is 465 g/mol. The van der Waals surface area contributed by atoms with E-state index in [1.807, 2.05) is 36.2 Å². The Bertz CT molecular complexity index is 1050. The van der Waals surface area contributed by atoms with Crippen molar-refractivity contribution in [2.24, 2.45) is 5.92 Å². The van der Waals surface area contributed by atoms with Crippen LogP contribution in [-0.4, -0.2) is 63.6 Å². The van der Waals surface area contributed by atoms with Crippen molar-refractivity contribution in [3.8, 4) is 5.75 Å². The zero-order chi connectivity index (χ0) is 23.2. The number of carbonyl (C=O) groups excluding carboxylic acids is 1. The summed E-state index contributed by atoms with van der Waals surface area (Å²) in [5.74, 6) is 1.43. The zero-order valence-corrected chi connectivity index (χ0v) is 20.3. The van der Waals surface area contributed by atoms with E-state index in [0.717, 1.165) is 56.0 Å². The molecule has 0 spiro atoms. The number of benzene rings is 1. The van der Waals surface area contributed by atoms with Gasteiger partial charge in [-0.05, 0) is 80.5 Å². The molecule has 1 amide bonds. The molecule has 8 heteroatoms. The Labute approximate surface area is 199 Å². The average Bonchev–Trinajstić information content (AvgIpc) is 3.28. The summed E-state index contributed by atoms with van der Waals surface area (Å²) in [6, 6.07) is 14.7. The molecule has 2 aromatic heterocycles. The van der Waals surface area contributed by atoms with Crippen molar-refractivity contribution in [3.63, 3.8) is 0 Å². The predicted molar refractivity (Wildman–Crippen MR) is 129 cm³/mol. The van der Waals surface area contributed by atoms with Gasteiger partial charge in [0, 0.05) is 31.9 Å². The molecule has 7 nitrogen and oxygen atoms in total. The Morgan fingerprint density at radius 2 is 2.06 bits per heavy atom. The number of likely N-dealkylation sites (N-methyl/N-ethyl adjacent to an activating group) is 1. The molecular formula is C25H31N5O2S. The highest BCUT2D eigenvalue weighted by molar-refractivity contribution is 7.07. The third-order valence-corrected chi connectivity index (χ3v) is 7.32. The van der Waals surface area contributed by atoms with Crippen LogP contribution in [0.4, 0.5) is 0 Å². The summed E-state index contributed by atoms with van der Waals surface area (Å²) in [5, 5.41) is 4.00. The standard InChI is InChI=1S/C25H31N5O2S/c1-18-24(33-28-27-18)25(31)30-13-10-20(11-14-30)23(16-19-7-6-9-22(15-19)32-3)29(2)17-21-8-4-5-12-26-21/h4-9,12,15,20,23H,10-11,13-14,16-17H2,1-3H3. The fourth-order valence-corrected chi connectivity index (χ4v) is 5.27. The molecule has 3 heterocycles. The maximum Gasteiger partial charge on any atom is 0.267 e. The molecule has 174 valence electrons. The first-order valence-corrected chi connectivity index (χ1v) is 12.1. The van der Waals surface area contributed by atoms with Gasteiger partial charge in [-0.3, -0.25) is 14.7 Å². The number of piperidine rings is 1. The van der Waals surface area contributed by atoms with Gasteiger partial charge in [0.1, 0.15) is 10.6 Å². The molecule has 0 bridgehead atoms. The highest BCUT2D eigenvalue weighted by Gasteiger charge is 2.32. The summed E-state index contributed by atoms with van der Waals surface area (Å²) in [6.07, 6.45) is 4.72. The van der Waals surface area contributed by atoms with Gasteiger partial charge in [-0.15, -0.1) is 5.10 Å². The maximum atomic E-state index is 12.9.